The molecular formula is C18H27NO2. The van der Waals surface area contributed by atoms with Gasteiger partial charge in [-0.05, 0) is 37.1 Å². The maximum Gasteiger partial charge on any atom is 0.134 e. The van der Waals surface area contributed by atoms with Crippen LogP contribution in [0, 0.1) is 12.3 Å². The van der Waals surface area contributed by atoms with Crippen molar-refractivity contribution in [1.29, 1.82) is 0 Å². The van der Waals surface area contributed by atoms with Crippen molar-refractivity contribution >= 4 is 11.0 Å². The fraction of sp³-hybridized carbons (Fsp3) is 0.556. The van der Waals surface area contributed by atoms with Crippen LogP contribution in [0.15, 0.2) is 28.7 Å². The third kappa shape index (κ3) is 3.47. The number of furan rings is 1. The molecule has 2 rings (SSSR count). The van der Waals surface area contributed by atoms with Crippen molar-refractivity contribution in [2.75, 3.05) is 13.7 Å². The van der Waals surface area contributed by atoms with Crippen molar-refractivity contribution in [2.24, 2.45) is 5.41 Å². The number of ether oxygens (including phenoxy) is 1. The first-order chi connectivity index (χ1) is 9.86. The highest BCUT2D eigenvalue weighted by molar-refractivity contribution is 5.78. The summed E-state index contributed by atoms with van der Waals surface area (Å²) in [5.74, 6) is 0.944. The van der Waals surface area contributed by atoms with Gasteiger partial charge in [0.2, 0.25) is 0 Å². The summed E-state index contributed by atoms with van der Waals surface area (Å²) >= 11 is 0. The SMILES string of the molecule is CCNC(c1cc2cc(C)ccc2o1)C(OC)C(C)(C)C. The van der Waals surface area contributed by atoms with Gasteiger partial charge in [-0.2, -0.15) is 0 Å². The Hall–Kier alpha value is -1.32. The van der Waals surface area contributed by atoms with E-state index in [-0.39, 0.29) is 17.6 Å². The van der Waals surface area contributed by atoms with Gasteiger partial charge in [-0.1, -0.05) is 39.3 Å². The molecule has 0 amide bonds. The zero-order chi connectivity index (χ0) is 15.6. The molecule has 0 fully saturated rings. The van der Waals surface area contributed by atoms with Gasteiger partial charge in [-0.3, -0.25) is 0 Å². The summed E-state index contributed by atoms with van der Waals surface area (Å²) in [7, 11) is 1.77. The lowest BCUT2D eigenvalue weighted by atomic mass is 9.83. The molecule has 0 spiro atoms. The summed E-state index contributed by atoms with van der Waals surface area (Å²) in [4.78, 5) is 0. The first-order valence-corrected chi connectivity index (χ1v) is 7.63. The lowest BCUT2D eigenvalue weighted by molar-refractivity contribution is -0.0162. The van der Waals surface area contributed by atoms with Crippen LogP contribution < -0.4 is 5.32 Å². The van der Waals surface area contributed by atoms with Crippen molar-refractivity contribution < 1.29 is 9.15 Å². The number of hydrogen-bond acceptors (Lipinski definition) is 3. The molecule has 0 saturated heterocycles. The van der Waals surface area contributed by atoms with Crippen LogP contribution in [0.3, 0.4) is 0 Å². The number of hydrogen-bond donors (Lipinski definition) is 1. The molecule has 0 aliphatic rings. The van der Waals surface area contributed by atoms with Gasteiger partial charge >= 0.3 is 0 Å². The van der Waals surface area contributed by atoms with Gasteiger partial charge in [0, 0.05) is 12.5 Å². The molecule has 2 aromatic rings. The van der Waals surface area contributed by atoms with Crippen molar-refractivity contribution in [3.63, 3.8) is 0 Å². The molecule has 2 unspecified atom stereocenters. The van der Waals surface area contributed by atoms with Gasteiger partial charge in [0.05, 0.1) is 12.1 Å². The van der Waals surface area contributed by atoms with Crippen molar-refractivity contribution in [1.82, 2.24) is 5.32 Å². The second kappa shape index (κ2) is 6.20. The first-order valence-electron chi connectivity index (χ1n) is 7.63. The number of likely N-dealkylation sites (N-methyl/N-ethyl adjacent to an activating group) is 1. The van der Waals surface area contributed by atoms with Crippen LogP contribution in [0.25, 0.3) is 11.0 Å². The molecule has 2 atom stereocenters. The smallest absolute Gasteiger partial charge is 0.134 e. The molecule has 0 saturated carbocycles. The van der Waals surface area contributed by atoms with Crippen molar-refractivity contribution in [3.05, 3.63) is 35.6 Å². The highest BCUT2D eigenvalue weighted by Crippen LogP contribution is 2.35. The van der Waals surface area contributed by atoms with Crippen LogP contribution >= 0.6 is 0 Å². The molecule has 0 bridgehead atoms. The van der Waals surface area contributed by atoms with Crippen LogP contribution in [0.1, 0.15) is 45.1 Å². The van der Waals surface area contributed by atoms with E-state index in [4.69, 9.17) is 9.15 Å². The average Bonchev–Trinajstić information content (AvgIpc) is 2.79. The lowest BCUT2D eigenvalue weighted by Crippen LogP contribution is -2.41. The Labute approximate surface area is 127 Å². The van der Waals surface area contributed by atoms with E-state index in [9.17, 15) is 0 Å². The van der Waals surface area contributed by atoms with Crippen LogP contribution in [-0.2, 0) is 4.74 Å². The van der Waals surface area contributed by atoms with Crippen LogP contribution in [0.4, 0.5) is 0 Å². The Morgan fingerprint density at radius 3 is 2.52 bits per heavy atom. The fourth-order valence-corrected chi connectivity index (χ4v) is 2.90. The van der Waals surface area contributed by atoms with Crippen molar-refractivity contribution in [3.8, 4) is 0 Å². The van der Waals surface area contributed by atoms with E-state index in [2.05, 4.69) is 58.1 Å². The summed E-state index contributed by atoms with van der Waals surface area (Å²) in [5.41, 5.74) is 2.20. The molecular weight excluding hydrogens is 262 g/mol. The summed E-state index contributed by atoms with van der Waals surface area (Å²) in [6.07, 6.45) is 0.0408. The fourth-order valence-electron chi connectivity index (χ4n) is 2.90. The predicted molar refractivity (Wildman–Crippen MR) is 87.6 cm³/mol. The van der Waals surface area contributed by atoms with E-state index in [1.54, 1.807) is 7.11 Å². The average molecular weight is 289 g/mol. The highest BCUT2D eigenvalue weighted by atomic mass is 16.5. The minimum absolute atomic E-state index is 0.0243. The number of methoxy groups -OCH3 is 1. The monoisotopic (exact) mass is 289 g/mol. The minimum atomic E-state index is 0.0243. The zero-order valence-corrected chi connectivity index (χ0v) is 14.0. The quantitative estimate of drug-likeness (QED) is 0.883. The van der Waals surface area contributed by atoms with Crippen molar-refractivity contribution in [2.45, 2.75) is 46.8 Å². The van der Waals surface area contributed by atoms with Gasteiger partial charge in [0.15, 0.2) is 0 Å². The normalized spacial score (nSPS) is 15.3. The van der Waals surface area contributed by atoms with E-state index in [1.165, 1.54) is 5.56 Å². The van der Waals surface area contributed by atoms with Gasteiger partial charge in [0.1, 0.15) is 11.3 Å². The zero-order valence-electron chi connectivity index (χ0n) is 14.0. The Bertz CT molecular complexity index is 595. The molecule has 0 radical (unpaired) electrons. The van der Waals surface area contributed by atoms with Gasteiger partial charge in [0.25, 0.3) is 0 Å². The maximum atomic E-state index is 6.07. The second-order valence-electron chi connectivity index (χ2n) is 6.75. The summed E-state index contributed by atoms with van der Waals surface area (Å²) < 4.78 is 11.9. The minimum Gasteiger partial charge on any atom is -0.459 e. The van der Waals surface area contributed by atoms with Crippen LogP contribution in [0.2, 0.25) is 0 Å². The number of nitrogens with one attached hydrogen (secondary N) is 1. The number of benzene rings is 1. The van der Waals surface area contributed by atoms with Gasteiger partial charge in [-0.25, -0.2) is 0 Å². The Balaban J connectivity index is 2.44. The standard InChI is InChI=1S/C18H27NO2/c1-7-19-16(17(20-6)18(3,4)5)15-11-13-10-12(2)8-9-14(13)21-15/h8-11,16-17,19H,7H2,1-6H3. The lowest BCUT2D eigenvalue weighted by Gasteiger charge is -2.35. The van der Waals surface area contributed by atoms with Gasteiger partial charge in [-0.15, -0.1) is 0 Å². The van der Waals surface area contributed by atoms with Gasteiger partial charge < -0.3 is 14.5 Å². The van der Waals surface area contributed by atoms with E-state index >= 15 is 0 Å². The molecule has 1 N–H and O–H groups in total. The molecule has 0 aliphatic carbocycles. The Morgan fingerprint density at radius 2 is 1.95 bits per heavy atom. The highest BCUT2D eigenvalue weighted by Gasteiger charge is 2.34. The molecule has 0 aliphatic heterocycles. The Kier molecular flexibility index (Phi) is 4.74. The molecule has 1 aromatic heterocycles. The number of aryl methyl sites for hydroxylation is 1. The predicted octanol–water partition coefficient (Wildman–Crippen LogP) is 4.45. The first kappa shape index (κ1) is 16.1. The molecule has 1 heterocycles. The van der Waals surface area contributed by atoms with E-state index in [0.29, 0.717) is 0 Å². The van der Waals surface area contributed by atoms with Crippen LogP contribution in [-0.4, -0.2) is 19.8 Å². The van der Waals surface area contributed by atoms with E-state index in [0.717, 1.165) is 23.3 Å². The second-order valence-corrected chi connectivity index (χ2v) is 6.75. The van der Waals surface area contributed by atoms with E-state index in [1.807, 2.05) is 6.07 Å². The third-order valence-electron chi connectivity index (χ3n) is 3.83. The third-order valence-corrected chi connectivity index (χ3v) is 3.83. The molecule has 116 valence electrons. The summed E-state index contributed by atoms with van der Waals surface area (Å²) in [5, 5.41) is 4.66. The van der Waals surface area contributed by atoms with E-state index < -0.39 is 0 Å². The molecule has 3 heteroatoms. The molecule has 1 aromatic carbocycles. The Morgan fingerprint density at radius 1 is 1.24 bits per heavy atom. The molecule has 3 nitrogen and oxygen atoms in total. The maximum absolute atomic E-state index is 6.07. The molecule has 21 heavy (non-hydrogen) atoms. The number of fused-ring (bicyclic) bond motifs is 1. The topological polar surface area (TPSA) is 34.4 Å². The summed E-state index contributed by atoms with van der Waals surface area (Å²) in [6, 6.07) is 8.45. The number of rotatable bonds is 5. The summed E-state index contributed by atoms with van der Waals surface area (Å²) in [6.45, 7) is 11.7. The van der Waals surface area contributed by atoms with Crippen LogP contribution in [0.5, 0.6) is 0 Å². The largest absolute Gasteiger partial charge is 0.459 e.